The summed E-state index contributed by atoms with van der Waals surface area (Å²) in [7, 11) is 0. The van der Waals surface area contributed by atoms with Gasteiger partial charge in [-0.2, -0.15) is 0 Å². The van der Waals surface area contributed by atoms with Gasteiger partial charge < -0.3 is 14.8 Å². The third-order valence-corrected chi connectivity index (χ3v) is 2.79. The molecule has 0 spiro atoms. The van der Waals surface area contributed by atoms with Crippen molar-refractivity contribution >= 4 is 11.7 Å². The molecular formula is C13H17NO3. The Morgan fingerprint density at radius 2 is 2.24 bits per heavy atom. The Bertz CT molecular complexity index is 392. The lowest BCUT2D eigenvalue weighted by atomic mass is 10.0. The van der Waals surface area contributed by atoms with Crippen LogP contribution in [0.2, 0.25) is 0 Å². The minimum absolute atomic E-state index is 0.179. The first kappa shape index (κ1) is 11.9. The van der Waals surface area contributed by atoms with Crippen LogP contribution in [0.4, 0.5) is 5.69 Å². The van der Waals surface area contributed by atoms with E-state index in [0.717, 1.165) is 11.3 Å². The Kier molecular flexibility index (Phi) is 3.98. The molecule has 0 aromatic heterocycles. The van der Waals surface area contributed by atoms with Gasteiger partial charge in [-0.15, -0.1) is 0 Å². The number of carbonyl (C=O) groups excluding carboxylic acids is 1. The highest BCUT2D eigenvalue weighted by molar-refractivity contribution is 5.83. The Labute approximate surface area is 101 Å². The summed E-state index contributed by atoms with van der Waals surface area (Å²) in [4.78, 5) is 11.9. The quantitative estimate of drug-likeness (QED) is 0.624. The Morgan fingerprint density at radius 3 is 3.06 bits per heavy atom. The highest BCUT2D eigenvalue weighted by Crippen LogP contribution is 2.31. The van der Waals surface area contributed by atoms with Gasteiger partial charge in [-0.1, -0.05) is 18.2 Å². The number of nitrogens with one attached hydrogen (secondary N) is 1. The van der Waals surface area contributed by atoms with Crippen LogP contribution in [0, 0.1) is 0 Å². The summed E-state index contributed by atoms with van der Waals surface area (Å²) < 4.78 is 10.3. The molecule has 0 saturated heterocycles. The zero-order valence-electron chi connectivity index (χ0n) is 9.94. The molecule has 1 atom stereocenters. The lowest BCUT2D eigenvalue weighted by Crippen LogP contribution is -2.19. The van der Waals surface area contributed by atoms with Crippen LogP contribution in [0.1, 0.15) is 18.4 Å². The Morgan fingerprint density at radius 1 is 1.41 bits per heavy atom. The van der Waals surface area contributed by atoms with E-state index >= 15 is 0 Å². The molecule has 1 aromatic rings. The van der Waals surface area contributed by atoms with Crippen molar-refractivity contribution < 1.29 is 14.3 Å². The van der Waals surface area contributed by atoms with Crippen molar-refractivity contribution in [3.8, 4) is 0 Å². The normalized spacial score (nSPS) is 17.4. The SMILES string of the molecule is CCOCCOC(=O)C1CNc2ccccc21. The number of rotatable bonds is 5. The summed E-state index contributed by atoms with van der Waals surface area (Å²) in [6.45, 7) is 3.96. The number of carbonyl (C=O) groups is 1. The van der Waals surface area contributed by atoms with E-state index in [0.29, 0.717) is 26.4 Å². The fourth-order valence-corrected chi connectivity index (χ4v) is 1.94. The van der Waals surface area contributed by atoms with E-state index in [1.165, 1.54) is 0 Å². The zero-order chi connectivity index (χ0) is 12.1. The summed E-state index contributed by atoms with van der Waals surface area (Å²) in [6, 6.07) is 7.83. The fraction of sp³-hybridized carbons (Fsp3) is 0.462. The molecule has 0 saturated carbocycles. The number of esters is 1. The maximum absolute atomic E-state index is 11.9. The summed E-state index contributed by atoms with van der Waals surface area (Å²) in [5.74, 6) is -0.366. The van der Waals surface area contributed by atoms with Gasteiger partial charge in [0.2, 0.25) is 0 Å². The van der Waals surface area contributed by atoms with Crippen LogP contribution in [-0.4, -0.2) is 32.3 Å². The second-order valence-corrected chi connectivity index (χ2v) is 3.89. The van der Waals surface area contributed by atoms with Gasteiger partial charge in [0, 0.05) is 18.8 Å². The average Bonchev–Trinajstić information content (AvgIpc) is 2.78. The van der Waals surface area contributed by atoms with E-state index in [2.05, 4.69) is 5.32 Å². The molecule has 0 aliphatic carbocycles. The monoisotopic (exact) mass is 235 g/mol. The predicted molar refractivity (Wildman–Crippen MR) is 65.1 cm³/mol. The van der Waals surface area contributed by atoms with Crippen molar-refractivity contribution in [1.29, 1.82) is 0 Å². The third kappa shape index (κ3) is 2.77. The molecule has 1 aliphatic rings. The smallest absolute Gasteiger partial charge is 0.315 e. The van der Waals surface area contributed by atoms with Crippen molar-refractivity contribution in [1.82, 2.24) is 0 Å². The molecule has 0 bridgehead atoms. The third-order valence-electron chi connectivity index (χ3n) is 2.79. The number of ether oxygens (including phenoxy) is 2. The van der Waals surface area contributed by atoms with Gasteiger partial charge in [-0.05, 0) is 18.6 Å². The molecule has 1 aliphatic heterocycles. The molecule has 2 rings (SSSR count). The van der Waals surface area contributed by atoms with Crippen LogP contribution >= 0.6 is 0 Å². The standard InChI is InChI=1S/C13H17NO3/c1-2-16-7-8-17-13(15)11-9-14-12-6-4-3-5-10(11)12/h3-6,11,14H,2,7-9H2,1H3. The minimum Gasteiger partial charge on any atom is -0.463 e. The molecule has 4 nitrogen and oxygen atoms in total. The maximum atomic E-state index is 11.9. The van der Waals surface area contributed by atoms with Gasteiger partial charge in [0.15, 0.2) is 0 Å². The maximum Gasteiger partial charge on any atom is 0.315 e. The van der Waals surface area contributed by atoms with Crippen molar-refractivity contribution in [2.75, 3.05) is 31.7 Å². The summed E-state index contributed by atoms with van der Waals surface area (Å²) in [6.07, 6.45) is 0. The molecule has 17 heavy (non-hydrogen) atoms. The predicted octanol–water partition coefficient (Wildman–Crippen LogP) is 1.78. The second kappa shape index (κ2) is 5.68. The zero-order valence-corrected chi connectivity index (χ0v) is 9.94. The number of anilines is 1. The summed E-state index contributed by atoms with van der Waals surface area (Å²) in [5, 5.41) is 3.20. The molecule has 0 fully saturated rings. The first-order valence-corrected chi connectivity index (χ1v) is 5.90. The van der Waals surface area contributed by atoms with Gasteiger partial charge in [0.25, 0.3) is 0 Å². The first-order valence-electron chi connectivity index (χ1n) is 5.90. The van der Waals surface area contributed by atoms with Crippen LogP contribution in [0.15, 0.2) is 24.3 Å². The number of para-hydroxylation sites is 1. The van der Waals surface area contributed by atoms with Gasteiger partial charge in [-0.25, -0.2) is 0 Å². The van der Waals surface area contributed by atoms with Gasteiger partial charge in [-0.3, -0.25) is 4.79 Å². The Balaban J connectivity index is 1.89. The van der Waals surface area contributed by atoms with E-state index in [9.17, 15) is 4.79 Å². The number of fused-ring (bicyclic) bond motifs is 1. The molecule has 0 amide bonds. The molecule has 1 unspecified atom stereocenters. The van der Waals surface area contributed by atoms with Crippen LogP contribution in [0.25, 0.3) is 0 Å². The second-order valence-electron chi connectivity index (χ2n) is 3.89. The molecule has 1 heterocycles. The average molecular weight is 235 g/mol. The number of hydrogen-bond acceptors (Lipinski definition) is 4. The lowest BCUT2D eigenvalue weighted by molar-refractivity contribution is -0.146. The van der Waals surface area contributed by atoms with E-state index in [1.807, 2.05) is 31.2 Å². The summed E-state index contributed by atoms with van der Waals surface area (Å²) in [5.41, 5.74) is 2.05. The molecular weight excluding hydrogens is 218 g/mol. The largest absolute Gasteiger partial charge is 0.463 e. The van der Waals surface area contributed by atoms with E-state index in [4.69, 9.17) is 9.47 Å². The van der Waals surface area contributed by atoms with E-state index < -0.39 is 0 Å². The van der Waals surface area contributed by atoms with Crippen molar-refractivity contribution in [3.05, 3.63) is 29.8 Å². The van der Waals surface area contributed by atoms with Crippen molar-refractivity contribution in [3.63, 3.8) is 0 Å². The molecule has 1 aromatic carbocycles. The first-order chi connectivity index (χ1) is 8.33. The topological polar surface area (TPSA) is 47.6 Å². The van der Waals surface area contributed by atoms with Gasteiger partial charge >= 0.3 is 5.97 Å². The molecule has 1 N–H and O–H groups in total. The van der Waals surface area contributed by atoms with Gasteiger partial charge in [0.05, 0.1) is 6.61 Å². The molecule has 92 valence electrons. The highest BCUT2D eigenvalue weighted by Gasteiger charge is 2.29. The number of benzene rings is 1. The van der Waals surface area contributed by atoms with Crippen LogP contribution in [-0.2, 0) is 14.3 Å². The van der Waals surface area contributed by atoms with E-state index in [-0.39, 0.29) is 11.9 Å². The molecule has 0 radical (unpaired) electrons. The highest BCUT2D eigenvalue weighted by atomic mass is 16.6. The van der Waals surface area contributed by atoms with Crippen LogP contribution in [0.5, 0.6) is 0 Å². The lowest BCUT2D eigenvalue weighted by Gasteiger charge is -2.10. The number of hydrogen-bond donors (Lipinski definition) is 1. The Hall–Kier alpha value is -1.55. The van der Waals surface area contributed by atoms with Gasteiger partial charge in [0.1, 0.15) is 12.5 Å². The van der Waals surface area contributed by atoms with Crippen LogP contribution < -0.4 is 5.32 Å². The minimum atomic E-state index is -0.187. The molecule has 4 heteroatoms. The van der Waals surface area contributed by atoms with E-state index in [1.54, 1.807) is 0 Å². The summed E-state index contributed by atoms with van der Waals surface area (Å²) >= 11 is 0. The van der Waals surface area contributed by atoms with Crippen LogP contribution in [0.3, 0.4) is 0 Å². The van der Waals surface area contributed by atoms with Crippen molar-refractivity contribution in [2.45, 2.75) is 12.8 Å². The van der Waals surface area contributed by atoms with Crippen molar-refractivity contribution in [2.24, 2.45) is 0 Å². The fourth-order valence-electron chi connectivity index (χ4n) is 1.94.